The van der Waals surface area contributed by atoms with Crippen molar-refractivity contribution >= 4 is 67.1 Å². The molecule has 0 radical (unpaired) electrons. The Morgan fingerprint density at radius 2 is 1.14 bits per heavy atom. The number of unbranched alkanes of at least 4 members (excludes halogenated alkanes) is 1. The van der Waals surface area contributed by atoms with Gasteiger partial charge in [0.2, 0.25) is 15.0 Å². The first-order valence-corrected chi connectivity index (χ1v) is 21.4. The minimum absolute atomic E-state index is 0. The Morgan fingerprint density at radius 1 is 0.684 bits per heavy atom. The van der Waals surface area contributed by atoms with Gasteiger partial charge < -0.3 is 14.2 Å². The minimum Gasteiger partial charge on any atom is -0.396 e. The normalized spacial score (nSPS) is 11.5. The van der Waals surface area contributed by atoms with E-state index in [1.807, 2.05) is 42.7 Å². The number of hydrogen-bond acceptors (Lipinski definition) is 10. The highest BCUT2D eigenvalue weighted by atomic mass is 35.5. The van der Waals surface area contributed by atoms with Gasteiger partial charge in [-0.05, 0) is 54.0 Å². The third-order valence-corrected chi connectivity index (χ3v) is 12.1. The molecule has 4 aromatic heterocycles. The third kappa shape index (κ3) is 9.49. The van der Waals surface area contributed by atoms with Crippen molar-refractivity contribution < 1.29 is 13.5 Å². The fraction of sp³-hybridized carbons (Fsp3) is 0.421. The summed E-state index contributed by atoms with van der Waals surface area (Å²) in [7, 11) is -0.668. The molecule has 6 aromatic rings. The van der Waals surface area contributed by atoms with Crippen LogP contribution in [0.3, 0.4) is 0 Å². The van der Waals surface area contributed by atoms with Gasteiger partial charge >= 0.3 is 11.4 Å². The first-order valence-electron chi connectivity index (χ1n) is 18.0. The van der Waals surface area contributed by atoms with E-state index in [9.17, 15) is 27.6 Å². The first-order chi connectivity index (χ1) is 26.7. The highest BCUT2D eigenvalue weighted by molar-refractivity contribution is 7.99. The van der Waals surface area contributed by atoms with Crippen LogP contribution in [0.15, 0.2) is 78.0 Å². The summed E-state index contributed by atoms with van der Waals surface area (Å²) in [6.45, 7) is 6.37. The van der Waals surface area contributed by atoms with Crippen LogP contribution in [0, 0.1) is 0 Å². The van der Waals surface area contributed by atoms with Crippen molar-refractivity contribution in [3.8, 4) is 0 Å². The van der Waals surface area contributed by atoms with Crippen LogP contribution < -0.4 is 22.5 Å². The topological polar surface area (TPSA) is 178 Å². The number of aliphatic hydroxyl groups is 1. The predicted molar refractivity (Wildman–Crippen MR) is 227 cm³/mol. The van der Waals surface area contributed by atoms with Crippen molar-refractivity contribution in [1.29, 1.82) is 0 Å². The van der Waals surface area contributed by atoms with E-state index in [4.69, 9.17) is 28.3 Å². The molecule has 0 atom stereocenters. The van der Waals surface area contributed by atoms with E-state index < -0.39 is 21.1 Å². The van der Waals surface area contributed by atoms with Crippen LogP contribution in [-0.4, -0.2) is 69.0 Å². The molecule has 4 heterocycles. The number of imidazole rings is 2. The molecule has 57 heavy (non-hydrogen) atoms. The van der Waals surface area contributed by atoms with Crippen molar-refractivity contribution in [2.75, 3.05) is 18.1 Å². The minimum atomic E-state index is -3.77. The summed E-state index contributed by atoms with van der Waals surface area (Å²) in [6.07, 6.45) is 1.91. The number of halogens is 2. The van der Waals surface area contributed by atoms with Crippen LogP contribution in [0.5, 0.6) is 0 Å². The Kier molecular flexibility index (Phi) is 15.4. The Bertz CT molecular complexity index is 2710. The lowest BCUT2D eigenvalue weighted by molar-refractivity contribution is 0.277. The van der Waals surface area contributed by atoms with Crippen LogP contribution in [0.4, 0.5) is 0 Å². The number of sulfone groups is 1. The van der Waals surface area contributed by atoms with Crippen molar-refractivity contribution in [2.24, 2.45) is 14.1 Å². The molecule has 0 spiro atoms. The van der Waals surface area contributed by atoms with Gasteiger partial charge in [0.25, 0.3) is 11.1 Å². The van der Waals surface area contributed by atoms with Crippen LogP contribution in [0.25, 0.3) is 22.3 Å². The maximum absolute atomic E-state index is 13.1. The second-order valence-electron chi connectivity index (χ2n) is 12.9. The summed E-state index contributed by atoms with van der Waals surface area (Å²) < 4.78 is 33.5. The fourth-order valence-corrected chi connectivity index (χ4v) is 8.03. The Labute approximate surface area is 344 Å². The third-order valence-electron chi connectivity index (χ3n) is 9.11. The molecule has 0 aliphatic rings. The van der Waals surface area contributed by atoms with Crippen LogP contribution in [-0.2, 0) is 50.1 Å². The van der Waals surface area contributed by atoms with E-state index in [1.54, 1.807) is 43.1 Å². The summed E-state index contributed by atoms with van der Waals surface area (Å²) in [4.78, 5) is 60.2. The zero-order valence-electron chi connectivity index (χ0n) is 31.7. The van der Waals surface area contributed by atoms with E-state index >= 15 is 0 Å². The molecule has 0 aliphatic carbocycles. The molecular weight excluding hydrogens is 816 g/mol. The summed E-state index contributed by atoms with van der Waals surface area (Å²) in [5, 5.41) is 10.7. The zero-order valence-corrected chi connectivity index (χ0v) is 34.9. The average Bonchev–Trinajstić information content (AvgIpc) is 3.74. The molecule has 19 heteroatoms. The molecule has 308 valence electrons. The van der Waals surface area contributed by atoms with Crippen molar-refractivity contribution in [3.05, 3.63) is 111 Å². The van der Waals surface area contributed by atoms with Gasteiger partial charge in [-0.1, -0.05) is 93.8 Å². The lowest BCUT2D eigenvalue weighted by Crippen LogP contribution is -2.40. The monoisotopic (exact) mass is 862 g/mol. The standard InChI is InChI=1S/C19H23ClN4O2S.C18H21ClN4O5S.CH4/c1-4-6-11-23-17(25)15-16(22(3)19(23)26)21-18(27-5-2)24(15)12-13-7-9-14(20)10-8-13;1-3-29(27,28)17-20-15-14(23(17)11-12-5-7-13(19)8-6-12)16(25)22(9-4-10-24)18(26)21(15)2;/h7-10H,4-6,11-12H2,1-3H3;5-8,24H,3-4,9-11H2,1-2H3;1H4. The molecule has 0 unspecified atom stereocenters. The Balaban J connectivity index is 0.000000249. The maximum atomic E-state index is 13.1. The number of aliphatic hydroxyl groups excluding tert-OH is 1. The van der Waals surface area contributed by atoms with Gasteiger partial charge in [-0.25, -0.2) is 23.0 Å². The first kappa shape index (κ1) is 45.3. The quantitative estimate of drug-likeness (QED) is 0.148. The summed E-state index contributed by atoms with van der Waals surface area (Å²) >= 11 is 13.5. The lowest BCUT2D eigenvalue weighted by atomic mass is 10.2. The van der Waals surface area contributed by atoms with Gasteiger partial charge in [0.1, 0.15) is 0 Å². The summed E-state index contributed by atoms with van der Waals surface area (Å²) in [5.74, 6) is 0.617. The van der Waals surface area contributed by atoms with E-state index in [0.717, 1.165) is 44.0 Å². The van der Waals surface area contributed by atoms with Gasteiger partial charge in [-0.3, -0.25) is 27.9 Å². The Morgan fingerprint density at radius 3 is 1.60 bits per heavy atom. The molecule has 0 fully saturated rings. The van der Waals surface area contributed by atoms with Gasteiger partial charge in [0.15, 0.2) is 27.5 Å². The number of aryl methyl sites for hydroxylation is 2. The smallest absolute Gasteiger partial charge is 0.332 e. The van der Waals surface area contributed by atoms with E-state index in [1.165, 1.54) is 27.7 Å². The predicted octanol–water partition coefficient (Wildman–Crippen LogP) is 4.92. The number of rotatable bonds is 14. The number of benzene rings is 2. The molecule has 0 saturated carbocycles. The molecule has 2 aromatic carbocycles. The van der Waals surface area contributed by atoms with Crippen LogP contribution >= 0.6 is 35.0 Å². The highest BCUT2D eigenvalue weighted by Crippen LogP contribution is 2.24. The number of aromatic nitrogens is 8. The molecule has 6 rings (SSSR count). The fourth-order valence-electron chi connectivity index (χ4n) is 6.09. The summed E-state index contributed by atoms with van der Waals surface area (Å²) in [5.41, 5.74) is 0.815. The van der Waals surface area contributed by atoms with Crippen molar-refractivity contribution in [2.45, 2.75) is 84.0 Å². The molecule has 0 bridgehead atoms. The number of hydrogen-bond donors (Lipinski definition) is 1. The van der Waals surface area contributed by atoms with E-state index in [2.05, 4.69) is 9.97 Å². The number of thioether (sulfide) groups is 1. The molecular formula is C38H48Cl2N8O7S2. The second-order valence-corrected chi connectivity index (χ2v) is 17.2. The zero-order chi connectivity index (χ0) is 40.9. The lowest BCUT2D eigenvalue weighted by Gasteiger charge is -2.11. The molecule has 0 amide bonds. The average molecular weight is 864 g/mol. The van der Waals surface area contributed by atoms with Crippen molar-refractivity contribution in [1.82, 2.24) is 37.4 Å². The Hall–Kier alpha value is -4.42. The number of nitrogens with zero attached hydrogens (tertiary/aromatic N) is 8. The van der Waals surface area contributed by atoms with E-state index in [0.29, 0.717) is 34.3 Å². The molecule has 15 nitrogen and oxygen atoms in total. The number of fused-ring (bicyclic) bond motifs is 2. The van der Waals surface area contributed by atoms with Crippen molar-refractivity contribution in [3.63, 3.8) is 0 Å². The SMILES string of the molecule is C.CCCCn1c(=O)c2c(nc(SCC)n2Cc2ccc(Cl)cc2)n(C)c1=O.CCS(=O)(=O)c1nc2c(c(=O)n(CCCO)c(=O)n2C)n1Cc1ccc(Cl)cc1. The molecule has 0 saturated heterocycles. The molecule has 1 N–H and O–H groups in total. The summed E-state index contributed by atoms with van der Waals surface area (Å²) in [6, 6.07) is 14.3. The van der Waals surface area contributed by atoms with Gasteiger partial charge in [0, 0.05) is 43.8 Å². The maximum Gasteiger partial charge on any atom is 0.332 e. The van der Waals surface area contributed by atoms with E-state index in [-0.39, 0.29) is 66.9 Å². The van der Waals surface area contributed by atoms with Crippen LogP contribution in [0.2, 0.25) is 10.0 Å². The van der Waals surface area contributed by atoms with Gasteiger partial charge in [-0.15, -0.1) is 0 Å². The second kappa shape index (κ2) is 19.4. The largest absolute Gasteiger partial charge is 0.396 e. The van der Waals surface area contributed by atoms with Gasteiger partial charge in [0.05, 0.1) is 18.8 Å². The molecule has 0 aliphatic heterocycles. The van der Waals surface area contributed by atoms with Gasteiger partial charge in [-0.2, -0.15) is 4.98 Å². The van der Waals surface area contributed by atoms with Crippen LogP contribution in [0.1, 0.15) is 58.6 Å². The highest BCUT2D eigenvalue weighted by Gasteiger charge is 2.27.